The molecule has 0 bridgehead atoms. The average Bonchev–Trinajstić information content (AvgIpc) is 2.34. The molecule has 5 heteroatoms. The number of ether oxygens (including phenoxy) is 1. The van der Waals surface area contributed by atoms with Crippen LogP contribution in [-0.2, 0) is 4.74 Å². The predicted octanol–water partition coefficient (Wildman–Crippen LogP) is 3.16. The van der Waals surface area contributed by atoms with Crippen LogP contribution in [0.15, 0.2) is 4.99 Å². The maximum Gasteiger partial charge on any atom is 0.191 e. The molecule has 2 aliphatic rings. The number of halogens is 1. The predicted molar refractivity (Wildman–Crippen MR) is 99.4 cm³/mol. The molecule has 1 saturated heterocycles. The van der Waals surface area contributed by atoms with Crippen LogP contribution in [0.25, 0.3) is 0 Å². The molecule has 0 amide bonds. The van der Waals surface area contributed by atoms with E-state index in [1.165, 1.54) is 12.8 Å². The highest BCUT2D eigenvalue weighted by Gasteiger charge is 2.58. The van der Waals surface area contributed by atoms with Gasteiger partial charge in [0.15, 0.2) is 5.96 Å². The summed E-state index contributed by atoms with van der Waals surface area (Å²) in [5.41, 5.74) is 0.205. The fraction of sp³-hybridized carbons (Fsp3) is 0.938. The third-order valence-corrected chi connectivity index (χ3v) is 4.43. The summed E-state index contributed by atoms with van der Waals surface area (Å²) in [5.74, 6) is 1.56. The molecule has 2 rings (SSSR count). The quantitative estimate of drug-likeness (QED) is 0.419. The molecule has 0 aromatic heterocycles. The van der Waals surface area contributed by atoms with Crippen LogP contribution in [0.5, 0.6) is 0 Å². The Morgan fingerprint density at radius 1 is 1.33 bits per heavy atom. The van der Waals surface area contributed by atoms with Crippen LogP contribution < -0.4 is 10.6 Å². The van der Waals surface area contributed by atoms with Crippen molar-refractivity contribution in [2.75, 3.05) is 13.2 Å². The Morgan fingerprint density at radius 2 is 2.00 bits per heavy atom. The molecule has 1 heterocycles. The van der Waals surface area contributed by atoms with E-state index in [1.54, 1.807) is 0 Å². The molecule has 21 heavy (non-hydrogen) atoms. The zero-order chi connectivity index (χ0) is 15.0. The Bertz CT molecular complexity index is 376. The Hall–Kier alpha value is -0.0400. The van der Waals surface area contributed by atoms with Crippen molar-refractivity contribution in [2.24, 2.45) is 16.3 Å². The average molecular weight is 409 g/mol. The van der Waals surface area contributed by atoms with Gasteiger partial charge in [0.25, 0.3) is 0 Å². The molecule has 3 atom stereocenters. The molecule has 0 radical (unpaired) electrons. The van der Waals surface area contributed by atoms with Crippen molar-refractivity contribution in [1.82, 2.24) is 10.6 Å². The number of hydrogen-bond acceptors (Lipinski definition) is 2. The molecular formula is C16H32IN3O. The van der Waals surface area contributed by atoms with Crippen LogP contribution in [0.3, 0.4) is 0 Å². The third-order valence-electron chi connectivity index (χ3n) is 4.43. The number of rotatable bonds is 2. The molecule has 0 spiro atoms. The number of fused-ring (bicyclic) bond motifs is 1. The van der Waals surface area contributed by atoms with E-state index in [2.05, 4.69) is 57.2 Å². The number of nitrogens with one attached hydrogen (secondary N) is 2. The van der Waals surface area contributed by atoms with E-state index in [0.717, 1.165) is 19.1 Å². The van der Waals surface area contributed by atoms with Gasteiger partial charge in [-0.05, 0) is 40.5 Å². The molecule has 1 aliphatic carbocycles. The van der Waals surface area contributed by atoms with Crippen molar-refractivity contribution in [3.05, 3.63) is 0 Å². The first-order valence-electron chi connectivity index (χ1n) is 7.96. The van der Waals surface area contributed by atoms with Crippen molar-refractivity contribution in [3.8, 4) is 0 Å². The van der Waals surface area contributed by atoms with Crippen molar-refractivity contribution >= 4 is 29.9 Å². The lowest BCUT2D eigenvalue weighted by atomic mass is 9.55. The van der Waals surface area contributed by atoms with Crippen molar-refractivity contribution in [2.45, 2.75) is 72.1 Å². The summed E-state index contributed by atoms with van der Waals surface area (Å²) in [6, 6.07) is 0.452. The molecule has 3 unspecified atom stereocenters. The topological polar surface area (TPSA) is 45.7 Å². The van der Waals surface area contributed by atoms with Crippen LogP contribution in [0.1, 0.15) is 54.4 Å². The van der Waals surface area contributed by atoms with E-state index in [4.69, 9.17) is 4.74 Å². The fourth-order valence-electron chi connectivity index (χ4n) is 3.60. The lowest BCUT2D eigenvalue weighted by Crippen LogP contribution is -2.71. The van der Waals surface area contributed by atoms with Crippen molar-refractivity contribution in [1.29, 1.82) is 0 Å². The first-order valence-corrected chi connectivity index (χ1v) is 7.96. The van der Waals surface area contributed by atoms with Crippen molar-refractivity contribution in [3.63, 3.8) is 0 Å². The van der Waals surface area contributed by atoms with E-state index >= 15 is 0 Å². The molecule has 1 saturated carbocycles. The number of nitrogens with zero attached hydrogens (tertiary/aromatic N) is 1. The third kappa shape index (κ3) is 4.24. The fourth-order valence-corrected chi connectivity index (χ4v) is 3.60. The van der Waals surface area contributed by atoms with Gasteiger partial charge >= 0.3 is 0 Å². The second-order valence-corrected chi connectivity index (χ2v) is 7.74. The lowest BCUT2D eigenvalue weighted by Gasteiger charge is -2.60. The summed E-state index contributed by atoms with van der Waals surface area (Å²) >= 11 is 0. The minimum Gasteiger partial charge on any atom is -0.377 e. The summed E-state index contributed by atoms with van der Waals surface area (Å²) in [7, 11) is 0. The van der Waals surface area contributed by atoms with Gasteiger partial charge < -0.3 is 15.4 Å². The molecule has 4 nitrogen and oxygen atoms in total. The van der Waals surface area contributed by atoms with Gasteiger partial charge in [0.05, 0.1) is 6.10 Å². The van der Waals surface area contributed by atoms with Gasteiger partial charge in [0.2, 0.25) is 0 Å². The van der Waals surface area contributed by atoms with Gasteiger partial charge in [0, 0.05) is 36.1 Å². The van der Waals surface area contributed by atoms with Crippen LogP contribution >= 0.6 is 24.0 Å². The summed E-state index contributed by atoms with van der Waals surface area (Å²) < 4.78 is 5.96. The maximum absolute atomic E-state index is 5.96. The highest BCUT2D eigenvalue weighted by molar-refractivity contribution is 14.0. The zero-order valence-electron chi connectivity index (χ0n) is 14.3. The summed E-state index contributed by atoms with van der Waals surface area (Å²) in [4.78, 5) is 4.59. The number of aliphatic imine (C=N–C) groups is 1. The van der Waals surface area contributed by atoms with Crippen molar-refractivity contribution < 1.29 is 4.74 Å². The van der Waals surface area contributed by atoms with Crippen LogP contribution in [0.4, 0.5) is 0 Å². The Balaban J connectivity index is 0.00000220. The monoisotopic (exact) mass is 409 g/mol. The van der Waals surface area contributed by atoms with Crippen LogP contribution in [-0.4, -0.2) is 36.8 Å². The summed E-state index contributed by atoms with van der Waals surface area (Å²) in [6.07, 6.45) is 2.86. The second-order valence-electron chi connectivity index (χ2n) is 7.74. The first kappa shape index (κ1) is 19.0. The summed E-state index contributed by atoms with van der Waals surface area (Å²) in [6.45, 7) is 14.9. The lowest BCUT2D eigenvalue weighted by molar-refractivity contribution is -0.188. The van der Waals surface area contributed by atoms with Gasteiger partial charge in [-0.15, -0.1) is 24.0 Å². The minimum atomic E-state index is 0. The first-order chi connectivity index (χ1) is 9.25. The number of guanidine groups is 1. The Labute approximate surface area is 146 Å². The van der Waals surface area contributed by atoms with E-state index in [1.807, 2.05) is 0 Å². The molecular weight excluding hydrogens is 377 g/mol. The van der Waals surface area contributed by atoms with Gasteiger partial charge in [-0.3, -0.25) is 4.99 Å². The molecule has 2 N–H and O–H groups in total. The normalized spacial score (nSPS) is 31.5. The molecule has 1 aliphatic heterocycles. The van der Waals surface area contributed by atoms with Gasteiger partial charge in [0.1, 0.15) is 0 Å². The second kappa shape index (κ2) is 7.02. The van der Waals surface area contributed by atoms with E-state index in [-0.39, 0.29) is 34.9 Å². The van der Waals surface area contributed by atoms with Gasteiger partial charge in [-0.2, -0.15) is 0 Å². The smallest absolute Gasteiger partial charge is 0.191 e. The summed E-state index contributed by atoms with van der Waals surface area (Å²) in [5, 5.41) is 7.15. The van der Waals surface area contributed by atoms with E-state index in [0.29, 0.717) is 18.1 Å². The molecule has 2 fully saturated rings. The maximum atomic E-state index is 5.96. The zero-order valence-corrected chi connectivity index (χ0v) is 16.7. The largest absolute Gasteiger partial charge is 0.377 e. The van der Waals surface area contributed by atoms with E-state index in [9.17, 15) is 0 Å². The van der Waals surface area contributed by atoms with Gasteiger partial charge in [-0.25, -0.2) is 0 Å². The minimum absolute atomic E-state index is 0. The highest BCUT2D eigenvalue weighted by atomic mass is 127. The Kier molecular flexibility index (Phi) is 6.36. The Morgan fingerprint density at radius 3 is 2.57 bits per heavy atom. The number of hydrogen-bond donors (Lipinski definition) is 2. The van der Waals surface area contributed by atoms with E-state index < -0.39 is 0 Å². The van der Waals surface area contributed by atoms with Crippen LogP contribution in [0.2, 0.25) is 0 Å². The molecule has 0 aromatic rings. The molecule has 124 valence electrons. The van der Waals surface area contributed by atoms with Crippen LogP contribution in [0, 0.1) is 11.3 Å². The van der Waals surface area contributed by atoms with Gasteiger partial charge in [-0.1, -0.05) is 13.8 Å². The SMILES string of the molecule is CCN=C(NC1C2CCCOC2C1(C)C)NC(C)(C)C.I. The standard InChI is InChI=1S/C16H31N3O.HI/c1-7-17-14(19-15(2,3)4)18-12-11-9-8-10-20-13(11)16(12,5)6;/h11-13H,7-10H2,1-6H3,(H2,17,18,19);1H. The highest BCUT2D eigenvalue weighted by Crippen LogP contribution is 2.51. The molecule has 0 aromatic carbocycles.